The van der Waals surface area contributed by atoms with E-state index < -0.39 is 17.7 Å². The van der Waals surface area contributed by atoms with Gasteiger partial charge >= 0.3 is 12.1 Å². The van der Waals surface area contributed by atoms with Crippen LogP contribution in [0.25, 0.3) is 11.1 Å². The third-order valence-corrected chi connectivity index (χ3v) is 5.85. The molecule has 9 heteroatoms. The monoisotopic (exact) mass is 514 g/mol. The Bertz CT molecular complexity index is 1180. The van der Waals surface area contributed by atoms with Crippen LogP contribution >= 0.6 is 0 Å². The van der Waals surface area contributed by atoms with Crippen molar-refractivity contribution in [2.24, 2.45) is 5.92 Å². The predicted molar refractivity (Wildman–Crippen MR) is 135 cm³/mol. The van der Waals surface area contributed by atoms with Gasteiger partial charge in [-0.1, -0.05) is 26.0 Å². The van der Waals surface area contributed by atoms with Crippen molar-refractivity contribution in [3.05, 3.63) is 78.0 Å². The molecule has 1 heterocycles. The van der Waals surface area contributed by atoms with Crippen molar-refractivity contribution in [3.8, 4) is 17.0 Å². The highest BCUT2D eigenvalue weighted by atomic mass is 19.4. The summed E-state index contributed by atoms with van der Waals surface area (Å²) < 4.78 is 44.2. The van der Waals surface area contributed by atoms with E-state index in [9.17, 15) is 22.8 Å². The lowest BCUT2D eigenvalue weighted by Crippen LogP contribution is -2.32. The molecule has 1 atom stereocenters. The Morgan fingerprint density at radius 3 is 2.14 bits per heavy atom. The summed E-state index contributed by atoms with van der Waals surface area (Å²) in [6, 6.07) is 15.3. The number of carbonyl (C=O) groups excluding carboxylic acids is 1. The van der Waals surface area contributed by atoms with Crippen LogP contribution in [0.3, 0.4) is 0 Å². The maximum Gasteiger partial charge on any atom is 0.416 e. The predicted octanol–water partition coefficient (Wildman–Crippen LogP) is 6.72. The van der Waals surface area contributed by atoms with Crippen LogP contribution in [0.2, 0.25) is 0 Å². The second kappa shape index (κ2) is 12.4. The van der Waals surface area contributed by atoms with Crippen molar-refractivity contribution >= 4 is 17.4 Å². The van der Waals surface area contributed by atoms with Crippen LogP contribution in [0.4, 0.5) is 18.9 Å². The average Bonchev–Trinajstić information content (AvgIpc) is 2.86. The smallest absolute Gasteiger partial charge is 0.416 e. The molecule has 196 valence electrons. The Morgan fingerprint density at radius 1 is 0.946 bits per heavy atom. The molecular weight excluding hydrogens is 485 g/mol. The van der Waals surface area contributed by atoms with Gasteiger partial charge in [0.1, 0.15) is 6.61 Å². The molecule has 0 aliphatic heterocycles. The maximum absolute atomic E-state index is 12.8. The maximum atomic E-state index is 12.8. The number of carboxylic acid groups (broad SMARTS) is 1. The van der Waals surface area contributed by atoms with E-state index in [1.807, 2.05) is 13.8 Å². The van der Waals surface area contributed by atoms with Gasteiger partial charge in [0.05, 0.1) is 11.6 Å². The number of ether oxygens (including phenoxy) is 1. The first kappa shape index (κ1) is 27.7. The van der Waals surface area contributed by atoms with Crippen molar-refractivity contribution in [3.63, 3.8) is 0 Å². The van der Waals surface area contributed by atoms with Gasteiger partial charge in [-0.15, -0.1) is 0 Å². The number of nitrogens with one attached hydrogen (secondary N) is 1. The number of halogens is 3. The Balaban J connectivity index is 1.55. The number of benzene rings is 2. The van der Waals surface area contributed by atoms with Crippen LogP contribution in [0.1, 0.15) is 49.0 Å². The molecule has 0 amide bonds. The molecule has 6 nitrogen and oxygen atoms in total. The minimum atomic E-state index is -4.38. The average molecular weight is 515 g/mol. The van der Waals surface area contributed by atoms with Gasteiger partial charge in [0, 0.05) is 41.9 Å². The molecule has 1 aromatic heterocycles. The minimum Gasteiger partial charge on any atom is -0.481 e. The first-order valence-electron chi connectivity index (χ1n) is 11.9. The van der Waals surface area contributed by atoms with Gasteiger partial charge in [-0.25, -0.2) is 4.98 Å². The van der Waals surface area contributed by atoms with E-state index in [0.29, 0.717) is 35.6 Å². The normalized spacial score (nSPS) is 12.3. The van der Waals surface area contributed by atoms with E-state index in [-0.39, 0.29) is 30.6 Å². The zero-order valence-corrected chi connectivity index (χ0v) is 20.6. The number of anilines is 1. The zero-order chi connectivity index (χ0) is 27.0. The molecule has 3 aromatic rings. The summed E-state index contributed by atoms with van der Waals surface area (Å²) >= 11 is 0. The molecule has 0 spiro atoms. The number of aliphatic carboxylic acids is 1. The van der Waals surface area contributed by atoms with Gasteiger partial charge in [-0.3, -0.25) is 9.59 Å². The summed E-state index contributed by atoms with van der Waals surface area (Å²) in [5, 5.41) is 12.1. The number of rotatable bonds is 12. The highest BCUT2D eigenvalue weighted by Crippen LogP contribution is 2.31. The van der Waals surface area contributed by atoms with E-state index in [4.69, 9.17) is 9.84 Å². The number of carbonyl (C=O) groups is 2. The lowest BCUT2D eigenvalue weighted by Gasteiger charge is -2.23. The summed E-state index contributed by atoms with van der Waals surface area (Å²) in [6.07, 6.45) is -2.36. The highest BCUT2D eigenvalue weighted by molar-refractivity contribution is 5.96. The van der Waals surface area contributed by atoms with Crippen LogP contribution in [-0.2, 0) is 11.0 Å². The fraction of sp³-hybridized carbons (Fsp3) is 0.321. The minimum absolute atomic E-state index is 0.0336. The Morgan fingerprint density at radius 2 is 1.59 bits per heavy atom. The van der Waals surface area contributed by atoms with Gasteiger partial charge in [-0.05, 0) is 60.4 Å². The Labute approximate surface area is 213 Å². The van der Waals surface area contributed by atoms with E-state index in [1.54, 1.807) is 42.6 Å². The first-order valence-corrected chi connectivity index (χ1v) is 11.9. The summed E-state index contributed by atoms with van der Waals surface area (Å²) in [5.74, 6) is -0.406. The molecule has 3 rings (SSSR count). The van der Waals surface area contributed by atoms with Crippen LogP contribution in [-0.4, -0.2) is 34.5 Å². The van der Waals surface area contributed by atoms with Gasteiger partial charge < -0.3 is 15.2 Å². The molecular formula is C28H29F3N2O4. The number of carboxylic acids is 1. The van der Waals surface area contributed by atoms with E-state index in [2.05, 4.69) is 10.3 Å². The van der Waals surface area contributed by atoms with Crippen molar-refractivity contribution in [2.75, 3.05) is 11.9 Å². The molecule has 2 aromatic carbocycles. The van der Waals surface area contributed by atoms with Gasteiger partial charge in [-0.2, -0.15) is 13.2 Å². The number of aromatic nitrogens is 1. The van der Waals surface area contributed by atoms with Crippen molar-refractivity contribution in [2.45, 2.75) is 45.3 Å². The summed E-state index contributed by atoms with van der Waals surface area (Å²) in [4.78, 5) is 27.1. The highest BCUT2D eigenvalue weighted by Gasteiger charge is 2.30. The third kappa shape index (κ3) is 8.34. The molecule has 0 saturated heterocycles. The largest absolute Gasteiger partial charge is 0.481 e. The number of hydrogen-bond acceptors (Lipinski definition) is 5. The second-order valence-corrected chi connectivity index (χ2v) is 9.01. The topological polar surface area (TPSA) is 88.5 Å². The quantitative estimate of drug-likeness (QED) is 0.261. The SMILES string of the molecule is CC(C)[C@@H](COc1ccc(-c2ccc(C(F)(F)F)cc2)cn1)Nc1ccc(C(=O)CCCC(=O)O)cc1. The van der Waals surface area contributed by atoms with Crippen LogP contribution in [0.15, 0.2) is 66.9 Å². The van der Waals surface area contributed by atoms with E-state index in [1.165, 1.54) is 12.1 Å². The van der Waals surface area contributed by atoms with Crippen molar-refractivity contribution in [1.82, 2.24) is 4.98 Å². The standard InChI is InChI=1S/C28H29F3N2O4/c1-18(2)24(33-23-13-8-20(9-14-23)25(34)4-3-5-27(35)36)17-37-26-15-10-21(16-32-26)19-6-11-22(12-7-19)28(29,30)31/h6-16,18,24,33H,3-5,17H2,1-2H3,(H,35,36)/t24-/m1/s1. The molecule has 0 aliphatic carbocycles. The number of Topliss-reactive ketones (excluding diaryl/α,β-unsaturated/α-hetero) is 1. The zero-order valence-electron chi connectivity index (χ0n) is 20.6. The summed E-state index contributed by atoms with van der Waals surface area (Å²) in [6.45, 7) is 4.41. The van der Waals surface area contributed by atoms with Gasteiger partial charge in [0.2, 0.25) is 5.88 Å². The molecule has 0 saturated carbocycles. The van der Waals surface area contributed by atoms with Crippen molar-refractivity contribution < 1.29 is 32.6 Å². The fourth-order valence-corrected chi connectivity index (χ4v) is 3.57. The Hall–Kier alpha value is -3.88. The Kier molecular flexibility index (Phi) is 9.27. The molecule has 0 bridgehead atoms. The summed E-state index contributed by atoms with van der Waals surface area (Å²) in [5.41, 5.74) is 1.95. The lowest BCUT2D eigenvalue weighted by atomic mass is 10.0. The van der Waals surface area contributed by atoms with Crippen LogP contribution < -0.4 is 10.1 Å². The molecule has 0 radical (unpaired) electrons. The number of hydrogen-bond donors (Lipinski definition) is 2. The number of pyridine rings is 1. The van der Waals surface area contributed by atoms with E-state index >= 15 is 0 Å². The second-order valence-electron chi connectivity index (χ2n) is 9.01. The van der Waals surface area contributed by atoms with Crippen LogP contribution in [0, 0.1) is 5.92 Å². The van der Waals surface area contributed by atoms with E-state index in [0.717, 1.165) is 17.8 Å². The van der Waals surface area contributed by atoms with Crippen LogP contribution in [0.5, 0.6) is 5.88 Å². The van der Waals surface area contributed by atoms with Gasteiger partial charge in [0.25, 0.3) is 0 Å². The first-order chi connectivity index (χ1) is 17.5. The summed E-state index contributed by atoms with van der Waals surface area (Å²) in [7, 11) is 0. The number of ketones is 1. The van der Waals surface area contributed by atoms with Crippen molar-refractivity contribution in [1.29, 1.82) is 0 Å². The lowest BCUT2D eigenvalue weighted by molar-refractivity contribution is -0.138. The number of alkyl halides is 3. The fourth-order valence-electron chi connectivity index (χ4n) is 3.57. The molecule has 0 aliphatic rings. The molecule has 37 heavy (non-hydrogen) atoms. The molecule has 0 fully saturated rings. The number of nitrogens with zero attached hydrogens (tertiary/aromatic N) is 1. The van der Waals surface area contributed by atoms with Gasteiger partial charge in [0.15, 0.2) is 5.78 Å². The third-order valence-electron chi connectivity index (χ3n) is 5.85. The molecule has 0 unspecified atom stereocenters. The molecule has 2 N–H and O–H groups in total.